The van der Waals surface area contributed by atoms with E-state index < -0.39 is 20.2 Å². The minimum absolute atomic E-state index is 0.111. The van der Waals surface area contributed by atoms with Gasteiger partial charge < -0.3 is 4.55 Å². The third-order valence-corrected chi connectivity index (χ3v) is 5.91. The Kier molecular flexibility index (Phi) is 5.68. The Hall–Kier alpha value is -1.74. The molecule has 0 bridgehead atoms. The van der Waals surface area contributed by atoms with Crippen LogP contribution in [0.3, 0.4) is 0 Å². The summed E-state index contributed by atoms with van der Waals surface area (Å²) in [5.41, 5.74) is 1.84. The molecule has 25 heavy (non-hydrogen) atoms. The third kappa shape index (κ3) is 5.12. The quantitative estimate of drug-likeness (QED) is 0.767. The molecule has 0 radical (unpaired) electrons. The standard InChI is InChI=1S/C17H20O6S2/c1-12(14-3-7-16(8-4-14)24(18,19)20)11-13(2)15-5-9-17(10-6-15)25(21,22)23/h3-10,12-13H,11H2,1-2H3,(H,18,19,20)(H,21,22,23)/p-1. The second-order valence-corrected chi connectivity index (χ2v) is 8.91. The molecule has 6 nitrogen and oxygen atoms in total. The molecule has 0 aliphatic carbocycles. The molecule has 2 aromatic rings. The summed E-state index contributed by atoms with van der Waals surface area (Å²) < 4.78 is 64.0. The summed E-state index contributed by atoms with van der Waals surface area (Å²) in [7, 11) is -8.65. The SMILES string of the molecule is CC(CC(C)c1ccc(S(=O)(=O)O)cc1)c1ccc(S(=O)(=O)[O-])cc1. The van der Waals surface area contributed by atoms with Gasteiger partial charge in [-0.05, 0) is 53.6 Å². The van der Waals surface area contributed by atoms with Gasteiger partial charge in [0.2, 0.25) is 0 Å². The normalized spacial score (nSPS) is 14.9. The first-order valence-electron chi connectivity index (χ1n) is 7.62. The lowest BCUT2D eigenvalue weighted by molar-refractivity contribution is 0.462. The van der Waals surface area contributed by atoms with Gasteiger partial charge in [0.15, 0.2) is 0 Å². The zero-order chi connectivity index (χ0) is 18.8. The lowest BCUT2D eigenvalue weighted by atomic mass is 9.87. The molecule has 2 unspecified atom stereocenters. The molecule has 0 heterocycles. The summed E-state index contributed by atoms with van der Waals surface area (Å²) in [4.78, 5) is -0.400. The Bertz CT molecular complexity index is 850. The van der Waals surface area contributed by atoms with E-state index >= 15 is 0 Å². The van der Waals surface area contributed by atoms with Crippen molar-refractivity contribution in [2.45, 2.75) is 41.9 Å². The molecular formula is C17H19O6S2-. The molecule has 0 aromatic heterocycles. The van der Waals surface area contributed by atoms with Gasteiger partial charge in [-0.1, -0.05) is 38.1 Å². The van der Waals surface area contributed by atoms with Crippen molar-refractivity contribution in [2.24, 2.45) is 0 Å². The van der Waals surface area contributed by atoms with E-state index in [1.165, 1.54) is 24.3 Å². The molecule has 0 fully saturated rings. The van der Waals surface area contributed by atoms with E-state index in [1.54, 1.807) is 24.3 Å². The van der Waals surface area contributed by atoms with Crippen LogP contribution in [-0.2, 0) is 20.2 Å². The molecular weight excluding hydrogens is 364 g/mol. The molecule has 0 saturated carbocycles. The molecule has 8 heteroatoms. The highest BCUT2D eigenvalue weighted by Gasteiger charge is 2.15. The van der Waals surface area contributed by atoms with Gasteiger partial charge in [0.25, 0.3) is 10.1 Å². The van der Waals surface area contributed by atoms with Crippen LogP contribution in [0.2, 0.25) is 0 Å². The first kappa shape index (κ1) is 19.6. The van der Waals surface area contributed by atoms with Crippen molar-refractivity contribution in [2.75, 3.05) is 0 Å². The molecule has 136 valence electrons. The zero-order valence-corrected chi connectivity index (χ0v) is 15.4. The molecule has 0 aliphatic rings. The molecule has 1 N–H and O–H groups in total. The highest BCUT2D eigenvalue weighted by molar-refractivity contribution is 7.86. The van der Waals surface area contributed by atoms with Crippen LogP contribution < -0.4 is 0 Å². The summed E-state index contributed by atoms with van der Waals surface area (Å²) in [5.74, 6) is 0.230. The first-order chi connectivity index (χ1) is 11.5. The van der Waals surface area contributed by atoms with Gasteiger partial charge in [-0.25, -0.2) is 8.42 Å². The number of benzene rings is 2. The Morgan fingerprint density at radius 1 is 0.800 bits per heavy atom. The van der Waals surface area contributed by atoms with Crippen molar-refractivity contribution in [3.63, 3.8) is 0 Å². The molecule has 2 aromatic carbocycles. The minimum Gasteiger partial charge on any atom is -0.744 e. The van der Waals surface area contributed by atoms with Crippen LogP contribution in [0.25, 0.3) is 0 Å². The Morgan fingerprint density at radius 2 is 1.16 bits per heavy atom. The number of hydrogen-bond donors (Lipinski definition) is 1. The van der Waals surface area contributed by atoms with Gasteiger partial charge in [0.05, 0.1) is 9.79 Å². The smallest absolute Gasteiger partial charge is 0.294 e. The van der Waals surface area contributed by atoms with Crippen molar-refractivity contribution in [3.05, 3.63) is 59.7 Å². The van der Waals surface area contributed by atoms with Gasteiger partial charge in [-0.15, -0.1) is 0 Å². The highest BCUT2D eigenvalue weighted by Crippen LogP contribution is 2.30. The van der Waals surface area contributed by atoms with Gasteiger partial charge in [0, 0.05) is 0 Å². The van der Waals surface area contributed by atoms with Crippen LogP contribution in [0.5, 0.6) is 0 Å². The minimum atomic E-state index is -4.45. The molecule has 0 aliphatic heterocycles. The summed E-state index contributed by atoms with van der Waals surface area (Å²) in [6, 6.07) is 11.9. The Morgan fingerprint density at radius 3 is 1.48 bits per heavy atom. The fourth-order valence-electron chi connectivity index (χ4n) is 2.73. The van der Waals surface area contributed by atoms with Gasteiger partial charge in [-0.2, -0.15) is 8.42 Å². The maximum atomic E-state index is 11.1. The van der Waals surface area contributed by atoms with E-state index in [0.717, 1.165) is 17.5 Å². The van der Waals surface area contributed by atoms with Crippen LogP contribution in [-0.4, -0.2) is 25.9 Å². The van der Waals surface area contributed by atoms with E-state index in [9.17, 15) is 21.4 Å². The third-order valence-electron chi connectivity index (χ3n) is 4.19. The van der Waals surface area contributed by atoms with Crippen LogP contribution in [0.1, 0.15) is 43.2 Å². The number of rotatable bonds is 6. The fraction of sp³-hybridized carbons (Fsp3) is 0.294. The molecule has 0 amide bonds. The lowest BCUT2D eigenvalue weighted by Gasteiger charge is -2.19. The van der Waals surface area contributed by atoms with Crippen molar-refractivity contribution in [1.29, 1.82) is 0 Å². The highest BCUT2D eigenvalue weighted by atomic mass is 32.2. The predicted octanol–water partition coefficient (Wildman–Crippen LogP) is 3.13. The largest absolute Gasteiger partial charge is 0.744 e. The van der Waals surface area contributed by atoms with Crippen molar-refractivity contribution in [1.82, 2.24) is 0 Å². The predicted molar refractivity (Wildman–Crippen MR) is 92.1 cm³/mol. The summed E-state index contributed by atoms with van der Waals surface area (Å²) in [6.07, 6.45) is 0.745. The lowest BCUT2D eigenvalue weighted by Crippen LogP contribution is -2.04. The summed E-state index contributed by atoms with van der Waals surface area (Å²) >= 11 is 0. The van der Waals surface area contributed by atoms with E-state index in [4.69, 9.17) is 4.55 Å². The average Bonchev–Trinajstić information content (AvgIpc) is 2.53. The molecule has 0 spiro atoms. The van der Waals surface area contributed by atoms with Crippen LogP contribution in [0.4, 0.5) is 0 Å². The summed E-state index contributed by atoms with van der Waals surface area (Å²) in [5, 5.41) is 0. The van der Waals surface area contributed by atoms with E-state index in [1.807, 2.05) is 13.8 Å². The second kappa shape index (κ2) is 7.25. The second-order valence-electron chi connectivity index (χ2n) is 6.11. The van der Waals surface area contributed by atoms with Crippen molar-refractivity contribution < 1.29 is 25.9 Å². The topological polar surface area (TPSA) is 112 Å². The van der Waals surface area contributed by atoms with Gasteiger partial charge in [0.1, 0.15) is 10.1 Å². The molecule has 2 atom stereocenters. The Balaban J connectivity index is 2.10. The van der Waals surface area contributed by atoms with E-state index in [-0.39, 0.29) is 21.6 Å². The van der Waals surface area contributed by atoms with Crippen LogP contribution >= 0.6 is 0 Å². The van der Waals surface area contributed by atoms with Crippen molar-refractivity contribution >= 4 is 20.2 Å². The summed E-state index contributed by atoms with van der Waals surface area (Å²) in [6.45, 7) is 3.99. The molecule has 0 saturated heterocycles. The number of hydrogen-bond acceptors (Lipinski definition) is 5. The maximum Gasteiger partial charge on any atom is 0.294 e. The van der Waals surface area contributed by atoms with E-state index in [2.05, 4.69) is 0 Å². The van der Waals surface area contributed by atoms with Crippen molar-refractivity contribution in [3.8, 4) is 0 Å². The van der Waals surface area contributed by atoms with Crippen LogP contribution in [0.15, 0.2) is 58.3 Å². The maximum absolute atomic E-state index is 11.1. The zero-order valence-electron chi connectivity index (χ0n) is 13.8. The van der Waals surface area contributed by atoms with Gasteiger partial charge in [-0.3, -0.25) is 4.55 Å². The van der Waals surface area contributed by atoms with Gasteiger partial charge >= 0.3 is 0 Å². The molecule has 2 rings (SSSR count). The first-order valence-corrected chi connectivity index (χ1v) is 10.5. The monoisotopic (exact) mass is 383 g/mol. The average molecular weight is 383 g/mol. The van der Waals surface area contributed by atoms with Crippen LogP contribution in [0, 0.1) is 0 Å². The Labute approximate surface area is 148 Å². The van der Waals surface area contributed by atoms with E-state index in [0.29, 0.717) is 0 Å². The fourth-order valence-corrected chi connectivity index (χ4v) is 3.68.